The van der Waals surface area contributed by atoms with Gasteiger partial charge in [-0.15, -0.1) is 0 Å². The summed E-state index contributed by atoms with van der Waals surface area (Å²) >= 11 is 0. The molecule has 1 heterocycles. The van der Waals surface area contributed by atoms with E-state index < -0.39 is 18.1 Å². The number of carboxylic acid groups (broad SMARTS) is 1. The quantitative estimate of drug-likeness (QED) is 0.732. The van der Waals surface area contributed by atoms with Gasteiger partial charge < -0.3 is 15.2 Å². The number of amides is 1. The molecule has 0 fully saturated rings. The van der Waals surface area contributed by atoms with E-state index in [1.807, 2.05) is 6.92 Å². The van der Waals surface area contributed by atoms with Gasteiger partial charge in [0, 0.05) is 18.8 Å². The number of carboxylic acids is 1. The van der Waals surface area contributed by atoms with Crippen LogP contribution in [0.1, 0.15) is 25.3 Å². The van der Waals surface area contributed by atoms with E-state index in [-0.39, 0.29) is 6.42 Å². The lowest BCUT2D eigenvalue weighted by Gasteiger charge is -2.14. The fraction of sp³-hybridized carbons (Fsp3) is 0.462. The summed E-state index contributed by atoms with van der Waals surface area (Å²) in [6.07, 6.45) is 4.32. The van der Waals surface area contributed by atoms with Gasteiger partial charge in [0.05, 0.1) is 6.61 Å². The van der Waals surface area contributed by atoms with E-state index in [9.17, 15) is 9.59 Å². The number of nitrogens with one attached hydrogen (secondary N) is 1. The van der Waals surface area contributed by atoms with E-state index in [4.69, 9.17) is 9.84 Å². The molecule has 1 rings (SSSR count). The number of hydrogen-bond acceptors (Lipinski definition) is 4. The molecule has 1 aromatic rings. The molecule has 2 N–H and O–H groups in total. The van der Waals surface area contributed by atoms with Crippen molar-refractivity contribution in [3.63, 3.8) is 0 Å². The Morgan fingerprint density at radius 2 is 2.11 bits per heavy atom. The molecule has 0 aliphatic heterocycles. The summed E-state index contributed by atoms with van der Waals surface area (Å²) in [5.41, 5.74) is 0.788. The number of pyridine rings is 1. The highest BCUT2D eigenvalue weighted by molar-refractivity contribution is 5.80. The van der Waals surface area contributed by atoms with Crippen LogP contribution in [0.4, 0.5) is 4.79 Å². The van der Waals surface area contributed by atoms with E-state index in [2.05, 4.69) is 10.3 Å². The zero-order valence-electron chi connectivity index (χ0n) is 10.8. The van der Waals surface area contributed by atoms with Gasteiger partial charge in [-0.25, -0.2) is 9.59 Å². The van der Waals surface area contributed by atoms with Crippen molar-refractivity contribution in [3.05, 3.63) is 30.1 Å². The van der Waals surface area contributed by atoms with Gasteiger partial charge in [-0.05, 0) is 24.1 Å². The minimum Gasteiger partial charge on any atom is -0.480 e. The summed E-state index contributed by atoms with van der Waals surface area (Å²) in [6.45, 7) is 2.27. The molecule has 0 aliphatic carbocycles. The van der Waals surface area contributed by atoms with E-state index in [1.54, 1.807) is 24.5 Å². The van der Waals surface area contributed by atoms with E-state index in [1.165, 1.54) is 0 Å². The Morgan fingerprint density at radius 3 is 2.68 bits per heavy atom. The number of unbranched alkanes of at least 4 members (excludes halogenated alkanes) is 1. The first kappa shape index (κ1) is 14.9. The van der Waals surface area contributed by atoms with Crippen molar-refractivity contribution in [2.24, 2.45) is 0 Å². The fourth-order valence-corrected chi connectivity index (χ4v) is 1.45. The minimum atomic E-state index is -1.09. The second-order valence-corrected chi connectivity index (χ2v) is 4.08. The second kappa shape index (κ2) is 8.07. The monoisotopic (exact) mass is 266 g/mol. The third-order valence-electron chi connectivity index (χ3n) is 2.51. The second-order valence-electron chi connectivity index (χ2n) is 4.08. The third-order valence-corrected chi connectivity index (χ3v) is 2.51. The molecule has 1 atom stereocenters. The van der Waals surface area contributed by atoms with Crippen molar-refractivity contribution in [1.29, 1.82) is 0 Å². The topological polar surface area (TPSA) is 88.5 Å². The van der Waals surface area contributed by atoms with Gasteiger partial charge in [0.15, 0.2) is 0 Å². The molecule has 0 bridgehead atoms. The first-order valence-electron chi connectivity index (χ1n) is 6.18. The minimum absolute atomic E-state index is 0.195. The van der Waals surface area contributed by atoms with Crippen LogP contribution in [0.3, 0.4) is 0 Å². The highest BCUT2D eigenvalue weighted by Crippen LogP contribution is 2.02. The van der Waals surface area contributed by atoms with Gasteiger partial charge in [-0.2, -0.15) is 0 Å². The molecule has 0 unspecified atom stereocenters. The molecule has 6 heteroatoms. The van der Waals surface area contributed by atoms with Gasteiger partial charge in [-0.3, -0.25) is 4.98 Å². The molecule has 0 aromatic carbocycles. The fourth-order valence-electron chi connectivity index (χ4n) is 1.45. The van der Waals surface area contributed by atoms with Crippen LogP contribution in [0.5, 0.6) is 0 Å². The Morgan fingerprint density at radius 1 is 1.42 bits per heavy atom. The third kappa shape index (κ3) is 5.85. The predicted octanol–water partition coefficient (Wildman–Crippen LogP) is 1.60. The molecule has 104 valence electrons. The molecule has 6 nitrogen and oxygen atoms in total. The summed E-state index contributed by atoms with van der Waals surface area (Å²) in [4.78, 5) is 26.3. The highest BCUT2D eigenvalue weighted by atomic mass is 16.5. The van der Waals surface area contributed by atoms with Crippen molar-refractivity contribution < 1.29 is 19.4 Å². The number of rotatable bonds is 7. The molecular formula is C13H18N2O4. The molecule has 0 saturated heterocycles. The summed E-state index contributed by atoms with van der Waals surface area (Å²) in [6, 6.07) is 2.41. The number of aliphatic carboxylic acids is 1. The molecule has 1 amide bonds. The first-order valence-corrected chi connectivity index (χ1v) is 6.18. The van der Waals surface area contributed by atoms with E-state index in [0.29, 0.717) is 6.61 Å². The van der Waals surface area contributed by atoms with Crippen LogP contribution in [0, 0.1) is 0 Å². The number of aromatic nitrogens is 1. The Labute approximate surface area is 111 Å². The smallest absolute Gasteiger partial charge is 0.407 e. The first-order chi connectivity index (χ1) is 9.13. The van der Waals surface area contributed by atoms with Crippen molar-refractivity contribution in [3.8, 4) is 0 Å². The average Bonchev–Trinajstić information content (AvgIpc) is 2.39. The molecular weight excluding hydrogens is 248 g/mol. The lowest BCUT2D eigenvalue weighted by atomic mass is 10.1. The lowest BCUT2D eigenvalue weighted by Crippen LogP contribution is -2.42. The highest BCUT2D eigenvalue weighted by Gasteiger charge is 2.20. The summed E-state index contributed by atoms with van der Waals surface area (Å²) in [7, 11) is 0. The predicted molar refractivity (Wildman–Crippen MR) is 68.8 cm³/mol. The Kier molecular flexibility index (Phi) is 6.35. The molecule has 1 aromatic heterocycles. The zero-order chi connectivity index (χ0) is 14.1. The molecule has 19 heavy (non-hydrogen) atoms. The van der Waals surface area contributed by atoms with Crippen LogP contribution >= 0.6 is 0 Å². The van der Waals surface area contributed by atoms with Crippen molar-refractivity contribution >= 4 is 12.1 Å². The maximum Gasteiger partial charge on any atom is 0.407 e. The molecule has 0 spiro atoms. The van der Waals surface area contributed by atoms with Crippen molar-refractivity contribution in [2.75, 3.05) is 6.61 Å². The van der Waals surface area contributed by atoms with Crippen LogP contribution in [-0.2, 0) is 16.0 Å². The van der Waals surface area contributed by atoms with E-state index in [0.717, 1.165) is 18.4 Å². The maximum absolute atomic E-state index is 11.4. The van der Waals surface area contributed by atoms with Crippen LogP contribution in [-0.4, -0.2) is 34.8 Å². The summed E-state index contributed by atoms with van der Waals surface area (Å²) in [5.74, 6) is -1.09. The summed E-state index contributed by atoms with van der Waals surface area (Å²) < 4.78 is 4.88. The largest absolute Gasteiger partial charge is 0.480 e. The number of alkyl carbamates (subject to hydrolysis) is 1. The number of nitrogens with zero attached hydrogens (tertiary/aromatic N) is 1. The maximum atomic E-state index is 11.4. The van der Waals surface area contributed by atoms with Gasteiger partial charge >= 0.3 is 12.1 Å². The standard InChI is InChI=1S/C13H18N2O4/c1-2-3-8-19-13(18)15-11(12(16)17)9-10-4-6-14-7-5-10/h4-7,11H,2-3,8-9H2,1H3,(H,15,18)(H,16,17)/t11-/m0/s1. The normalized spacial score (nSPS) is 11.6. The Hall–Kier alpha value is -2.11. The summed E-state index contributed by atoms with van der Waals surface area (Å²) in [5, 5.41) is 11.4. The van der Waals surface area contributed by atoms with Gasteiger partial charge in [0.25, 0.3) is 0 Å². The molecule has 0 saturated carbocycles. The molecule has 0 radical (unpaired) electrons. The van der Waals surface area contributed by atoms with Crippen LogP contribution in [0.15, 0.2) is 24.5 Å². The van der Waals surface area contributed by atoms with Crippen LogP contribution < -0.4 is 5.32 Å². The van der Waals surface area contributed by atoms with Crippen LogP contribution in [0.25, 0.3) is 0 Å². The van der Waals surface area contributed by atoms with Crippen LogP contribution in [0.2, 0.25) is 0 Å². The number of ether oxygens (including phenoxy) is 1. The van der Waals surface area contributed by atoms with E-state index >= 15 is 0 Å². The molecule has 0 aliphatic rings. The number of carbonyl (C=O) groups excluding carboxylic acids is 1. The van der Waals surface area contributed by atoms with Crippen molar-refractivity contribution in [2.45, 2.75) is 32.2 Å². The Bertz CT molecular complexity index is 408. The number of carbonyl (C=O) groups is 2. The number of hydrogen-bond donors (Lipinski definition) is 2. The SMILES string of the molecule is CCCCOC(=O)N[C@@H](Cc1ccncc1)C(=O)O. The lowest BCUT2D eigenvalue weighted by molar-refractivity contribution is -0.139. The zero-order valence-corrected chi connectivity index (χ0v) is 10.8. The average molecular weight is 266 g/mol. The van der Waals surface area contributed by atoms with Crippen molar-refractivity contribution in [1.82, 2.24) is 10.3 Å². The van der Waals surface area contributed by atoms with Gasteiger partial charge in [-0.1, -0.05) is 13.3 Å². The Balaban J connectivity index is 2.49. The van der Waals surface area contributed by atoms with Gasteiger partial charge in [0.2, 0.25) is 0 Å². The van der Waals surface area contributed by atoms with Gasteiger partial charge in [0.1, 0.15) is 6.04 Å².